The number of para-hydroxylation sites is 1. The van der Waals surface area contributed by atoms with E-state index < -0.39 is 0 Å². The topological polar surface area (TPSA) is 53.6 Å². The van der Waals surface area contributed by atoms with Crippen LogP contribution < -0.4 is 15.4 Å². The second-order valence-corrected chi connectivity index (χ2v) is 8.10. The van der Waals surface area contributed by atoms with Gasteiger partial charge in [-0.2, -0.15) is 0 Å². The third kappa shape index (κ3) is 4.53. The summed E-state index contributed by atoms with van der Waals surface area (Å²) >= 11 is 0. The third-order valence-electron chi connectivity index (χ3n) is 6.06. The van der Waals surface area contributed by atoms with Crippen molar-refractivity contribution in [2.75, 3.05) is 25.5 Å². The quantitative estimate of drug-likeness (QED) is 0.830. The molecule has 1 atom stereocenters. The number of amides is 1. The Kier molecular flexibility index (Phi) is 5.72. The third-order valence-corrected chi connectivity index (χ3v) is 6.06. The average Bonchev–Trinajstić information content (AvgIpc) is 2.89. The molecule has 1 spiro atoms. The van der Waals surface area contributed by atoms with Gasteiger partial charge in [0, 0.05) is 42.8 Å². The van der Waals surface area contributed by atoms with Crippen LogP contribution >= 0.6 is 0 Å². The fourth-order valence-corrected chi connectivity index (χ4v) is 4.51. The number of fused-ring (bicyclic) bond motifs is 1. The molecule has 2 aromatic rings. The zero-order chi connectivity index (χ0) is 20.3. The Balaban J connectivity index is 1.52. The molecule has 154 valence electrons. The SMILES string of the molecule is COc1ccc(F)cc1CN1CCC[C@@]2(CC1)CC(=O)NCc1ccccc1N2. The normalized spacial score (nSPS) is 22.6. The maximum Gasteiger partial charge on any atom is 0.222 e. The molecule has 2 aromatic carbocycles. The number of anilines is 1. The van der Waals surface area contributed by atoms with E-state index in [1.807, 2.05) is 12.1 Å². The molecule has 6 heteroatoms. The lowest BCUT2D eigenvalue weighted by molar-refractivity contribution is -0.122. The average molecular weight is 397 g/mol. The minimum Gasteiger partial charge on any atom is -0.496 e. The molecular weight excluding hydrogens is 369 g/mol. The van der Waals surface area contributed by atoms with Gasteiger partial charge in [-0.25, -0.2) is 4.39 Å². The van der Waals surface area contributed by atoms with Crippen molar-refractivity contribution in [3.8, 4) is 5.75 Å². The summed E-state index contributed by atoms with van der Waals surface area (Å²) in [5.74, 6) is 0.553. The van der Waals surface area contributed by atoms with E-state index >= 15 is 0 Å². The Labute approximate surface area is 171 Å². The van der Waals surface area contributed by atoms with Crippen LogP contribution in [0.2, 0.25) is 0 Å². The molecular formula is C23H28FN3O2. The van der Waals surface area contributed by atoms with Crippen LogP contribution in [0.5, 0.6) is 5.75 Å². The summed E-state index contributed by atoms with van der Waals surface area (Å²) in [5, 5.41) is 6.78. The molecule has 29 heavy (non-hydrogen) atoms. The van der Waals surface area contributed by atoms with E-state index in [2.05, 4.69) is 27.7 Å². The highest BCUT2D eigenvalue weighted by molar-refractivity contribution is 5.79. The van der Waals surface area contributed by atoms with Crippen LogP contribution in [0.4, 0.5) is 10.1 Å². The lowest BCUT2D eigenvalue weighted by Crippen LogP contribution is -2.46. The second-order valence-electron chi connectivity index (χ2n) is 8.10. The summed E-state index contributed by atoms with van der Waals surface area (Å²) < 4.78 is 19.2. The fourth-order valence-electron chi connectivity index (χ4n) is 4.51. The van der Waals surface area contributed by atoms with Gasteiger partial charge >= 0.3 is 0 Å². The Morgan fingerprint density at radius 1 is 1.17 bits per heavy atom. The van der Waals surface area contributed by atoms with Crippen molar-refractivity contribution in [1.82, 2.24) is 10.2 Å². The molecule has 2 N–H and O–H groups in total. The van der Waals surface area contributed by atoms with E-state index in [4.69, 9.17) is 4.74 Å². The Bertz CT molecular complexity index is 888. The second kappa shape index (κ2) is 8.41. The largest absolute Gasteiger partial charge is 0.496 e. The molecule has 0 radical (unpaired) electrons. The number of nitrogens with one attached hydrogen (secondary N) is 2. The minimum atomic E-state index is -0.263. The standard InChI is InChI=1S/C23H28FN3O2/c1-29-21-8-7-19(24)13-18(21)16-27-11-4-9-23(10-12-27)14-22(28)25-15-17-5-2-3-6-20(17)26-23/h2-3,5-8,13,26H,4,9-12,14-16H2,1H3,(H,25,28)/t23-/m1/s1. The molecule has 0 saturated carbocycles. The van der Waals surface area contributed by atoms with Crippen LogP contribution in [-0.2, 0) is 17.9 Å². The first kappa shape index (κ1) is 19.7. The molecule has 2 aliphatic heterocycles. The first-order valence-corrected chi connectivity index (χ1v) is 10.2. The summed E-state index contributed by atoms with van der Waals surface area (Å²) in [5.41, 5.74) is 2.82. The minimum absolute atomic E-state index is 0.0900. The van der Waals surface area contributed by atoms with Crippen molar-refractivity contribution in [1.29, 1.82) is 0 Å². The Morgan fingerprint density at radius 3 is 2.90 bits per heavy atom. The highest BCUT2D eigenvalue weighted by Gasteiger charge is 2.36. The van der Waals surface area contributed by atoms with Crippen molar-refractivity contribution in [2.24, 2.45) is 0 Å². The fraction of sp³-hybridized carbons (Fsp3) is 0.435. The van der Waals surface area contributed by atoms with Gasteiger partial charge in [-0.1, -0.05) is 18.2 Å². The van der Waals surface area contributed by atoms with E-state index in [9.17, 15) is 9.18 Å². The molecule has 1 saturated heterocycles. The van der Waals surface area contributed by atoms with Crippen molar-refractivity contribution in [2.45, 2.75) is 44.3 Å². The number of halogens is 1. The number of hydrogen-bond donors (Lipinski definition) is 2. The number of benzene rings is 2. The van der Waals surface area contributed by atoms with Gasteiger partial charge in [0.2, 0.25) is 5.91 Å². The van der Waals surface area contributed by atoms with Crippen LogP contribution in [0.15, 0.2) is 42.5 Å². The maximum atomic E-state index is 13.7. The van der Waals surface area contributed by atoms with Crippen LogP contribution in [0, 0.1) is 5.82 Å². The van der Waals surface area contributed by atoms with Crippen molar-refractivity contribution in [3.63, 3.8) is 0 Å². The molecule has 0 aliphatic carbocycles. The lowest BCUT2D eigenvalue weighted by atomic mass is 9.85. The zero-order valence-electron chi connectivity index (χ0n) is 16.8. The van der Waals surface area contributed by atoms with Gasteiger partial charge in [0.1, 0.15) is 11.6 Å². The molecule has 2 aliphatic rings. The monoisotopic (exact) mass is 397 g/mol. The molecule has 5 nitrogen and oxygen atoms in total. The molecule has 1 fully saturated rings. The number of rotatable bonds is 3. The van der Waals surface area contributed by atoms with E-state index in [1.54, 1.807) is 19.2 Å². The first-order valence-electron chi connectivity index (χ1n) is 10.2. The number of carbonyl (C=O) groups excluding carboxylic acids is 1. The summed E-state index contributed by atoms with van der Waals surface area (Å²) in [6, 6.07) is 12.8. The number of nitrogens with zero attached hydrogens (tertiary/aromatic N) is 1. The van der Waals surface area contributed by atoms with Gasteiger partial charge in [-0.05, 0) is 55.6 Å². The molecule has 0 unspecified atom stereocenters. The number of hydrogen-bond acceptors (Lipinski definition) is 4. The van der Waals surface area contributed by atoms with Crippen LogP contribution in [0.1, 0.15) is 36.8 Å². The molecule has 1 amide bonds. The Hall–Kier alpha value is -2.60. The van der Waals surface area contributed by atoms with E-state index in [-0.39, 0.29) is 17.3 Å². The molecule has 4 rings (SSSR count). The van der Waals surface area contributed by atoms with Crippen molar-refractivity contribution in [3.05, 3.63) is 59.4 Å². The van der Waals surface area contributed by atoms with E-state index in [0.717, 1.165) is 49.2 Å². The van der Waals surface area contributed by atoms with E-state index in [1.165, 1.54) is 6.07 Å². The molecule has 0 bridgehead atoms. The van der Waals surface area contributed by atoms with Crippen molar-refractivity contribution >= 4 is 11.6 Å². The van der Waals surface area contributed by atoms with Gasteiger partial charge in [0.05, 0.1) is 7.11 Å². The van der Waals surface area contributed by atoms with Gasteiger partial charge in [-0.15, -0.1) is 0 Å². The zero-order valence-corrected chi connectivity index (χ0v) is 16.8. The smallest absolute Gasteiger partial charge is 0.222 e. The molecule has 0 aromatic heterocycles. The van der Waals surface area contributed by atoms with Gasteiger partial charge in [-0.3, -0.25) is 9.69 Å². The lowest BCUT2D eigenvalue weighted by Gasteiger charge is -2.37. The number of likely N-dealkylation sites (tertiary alicyclic amines) is 1. The van der Waals surface area contributed by atoms with Gasteiger partial charge in [0.25, 0.3) is 0 Å². The van der Waals surface area contributed by atoms with Crippen molar-refractivity contribution < 1.29 is 13.9 Å². The predicted octanol–water partition coefficient (Wildman–Crippen LogP) is 3.69. The number of carbonyl (C=O) groups is 1. The maximum absolute atomic E-state index is 13.7. The Morgan fingerprint density at radius 2 is 2.03 bits per heavy atom. The van der Waals surface area contributed by atoms with Crippen LogP contribution in [-0.4, -0.2) is 36.5 Å². The van der Waals surface area contributed by atoms with Crippen LogP contribution in [0.25, 0.3) is 0 Å². The van der Waals surface area contributed by atoms with Gasteiger partial charge < -0.3 is 15.4 Å². The summed E-state index contributed by atoms with van der Waals surface area (Å²) in [7, 11) is 1.61. The molecule has 2 heterocycles. The van der Waals surface area contributed by atoms with Crippen LogP contribution in [0.3, 0.4) is 0 Å². The highest BCUT2D eigenvalue weighted by atomic mass is 19.1. The van der Waals surface area contributed by atoms with E-state index in [0.29, 0.717) is 25.3 Å². The summed E-state index contributed by atoms with van der Waals surface area (Å²) in [6.07, 6.45) is 3.22. The predicted molar refractivity (Wildman–Crippen MR) is 111 cm³/mol. The number of methoxy groups -OCH3 is 1. The highest BCUT2D eigenvalue weighted by Crippen LogP contribution is 2.34. The first-order chi connectivity index (χ1) is 14.1. The summed E-state index contributed by atoms with van der Waals surface area (Å²) in [6.45, 7) is 2.94. The van der Waals surface area contributed by atoms with Gasteiger partial charge in [0.15, 0.2) is 0 Å². The summed E-state index contributed by atoms with van der Waals surface area (Å²) in [4.78, 5) is 14.8. The number of ether oxygens (including phenoxy) is 1.